The first kappa shape index (κ1) is 22.6. The molecule has 1 aliphatic heterocycles. The van der Waals surface area contributed by atoms with Crippen molar-refractivity contribution < 1.29 is 13.9 Å². The van der Waals surface area contributed by atoms with E-state index in [9.17, 15) is 9.18 Å². The molecule has 2 aliphatic rings. The molecule has 0 unspecified atom stereocenters. The molecule has 1 aliphatic carbocycles. The summed E-state index contributed by atoms with van der Waals surface area (Å²) in [5.41, 5.74) is 5.53. The van der Waals surface area contributed by atoms with Gasteiger partial charge in [-0.3, -0.25) is 9.69 Å². The summed E-state index contributed by atoms with van der Waals surface area (Å²) in [4.78, 5) is 19.6. The van der Waals surface area contributed by atoms with Crippen LogP contribution in [0, 0.1) is 5.82 Å². The lowest BCUT2D eigenvalue weighted by Crippen LogP contribution is -2.49. The number of likely N-dealkylation sites (N-methyl/N-ethyl adjacent to an activating group) is 1. The molecule has 34 heavy (non-hydrogen) atoms. The Morgan fingerprint density at radius 3 is 2.18 bits per heavy atom. The van der Waals surface area contributed by atoms with E-state index >= 15 is 0 Å². The maximum atomic E-state index is 14.0. The van der Waals surface area contributed by atoms with Crippen molar-refractivity contribution in [2.45, 2.75) is 6.04 Å². The number of amides is 1. The van der Waals surface area contributed by atoms with Crippen molar-refractivity contribution in [3.63, 3.8) is 0 Å². The first-order chi connectivity index (χ1) is 16.5. The average Bonchev–Trinajstić information content (AvgIpc) is 3.19. The Hall–Kier alpha value is -3.22. The van der Waals surface area contributed by atoms with Crippen molar-refractivity contribution in [2.75, 3.05) is 53.4 Å². The van der Waals surface area contributed by atoms with Crippen LogP contribution in [-0.2, 0) is 0 Å². The molecule has 5 nitrogen and oxygen atoms in total. The molecule has 5 rings (SSSR count). The molecule has 0 N–H and O–H groups in total. The molecule has 1 saturated heterocycles. The maximum Gasteiger partial charge on any atom is 0.257 e. The van der Waals surface area contributed by atoms with Gasteiger partial charge in [0, 0.05) is 32.7 Å². The van der Waals surface area contributed by atoms with Crippen LogP contribution in [0.3, 0.4) is 0 Å². The third-order valence-electron chi connectivity index (χ3n) is 6.74. The summed E-state index contributed by atoms with van der Waals surface area (Å²) in [7, 11) is 3.92. The first-order valence-electron chi connectivity index (χ1n) is 11.8. The summed E-state index contributed by atoms with van der Waals surface area (Å²) in [6.45, 7) is 3.85. The zero-order valence-electron chi connectivity index (χ0n) is 19.7. The number of hydrogen-bond donors (Lipinski definition) is 0. The molecule has 6 heteroatoms. The van der Waals surface area contributed by atoms with Crippen molar-refractivity contribution >= 4 is 5.91 Å². The fourth-order valence-corrected chi connectivity index (χ4v) is 5.01. The highest BCUT2D eigenvalue weighted by atomic mass is 19.1. The van der Waals surface area contributed by atoms with Crippen LogP contribution in [0.2, 0.25) is 0 Å². The normalized spacial score (nSPS) is 15.9. The van der Waals surface area contributed by atoms with Crippen LogP contribution < -0.4 is 4.74 Å². The van der Waals surface area contributed by atoms with Crippen LogP contribution >= 0.6 is 0 Å². The second-order valence-corrected chi connectivity index (χ2v) is 9.20. The lowest BCUT2D eigenvalue weighted by atomic mass is 10.0. The molecule has 176 valence electrons. The summed E-state index contributed by atoms with van der Waals surface area (Å²) in [6.07, 6.45) is 0. The quantitative estimate of drug-likeness (QED) is 0.551. The van der Waals surface area contributed by atoms with Crippen LogP contribution in [0.15, 0.2) is 66.7 Å². The van der Waals surface area contributed by atoms with E-state index in [1.165, 1.54) is 34.4 Å². The standard InChI is InChI=1S/C28H30FN3O2/c1-30(2)17-18-34-26-12-11-20(29)19-25(26)28(33)32-15-13-31(14-16-32)27-23-9-5-3-7-21(23)22-8-4-6-10-24(22)27/h3-12,19,27H,13-18H2,1-2H3. The number of ether oxygens (including phenoxy) is 1. The van der Waals surface area contributed by atoms with Gasteiger partial charge in [0.15, 0.2) is 0 Å². The van der Waals surface area contributed by atoms with Crippen LogP contribution in [0.25, 0.3) is 11.1 Å². The van der Waals surface area contributed by atoms with E-state index in [0.717, 1.165) is 13.1 Å². The molecule has 1 amide bonds. The molecular weight excluding hydrogens is 429 g/mol. The van der Waals surface area contributed by atoms with Crippen LogP contribution in [0.1, 0.15) is 27.5 Å². The van der Waals surface area contributed by atoms with Crippen molar-refractivity contribution in [1.82, 2.24) is 14.7 Å². The molecule has 0 radical (unpaired) electrons. The zero-order valence-corrected chi connectivity index (χ0v) is 19.7. The summed E-state index contributed by atoms with van der Waals surface area (Å²) in [5, 5.41) is 0. The molecule has 3 aromatic carbocycles. The first-order valence-corrected chi connectivity index (χ1v) is 11.8. The Morgan fingerprint density at radius 2 is 1.56 bits per heavy atom. The second kappa shape index (κ2) is 9.57. The highest BCUT2D eigenvalue weighted by molar-refractivity contribution is 5.97. The van der Waals surface area contributed by atoms with Gasteiger partial charge in [0.1, 0.15) is 18.2 Å². The molecule has 0 spiro atoms. The monoisotopic (exact) mass is 459 g/mol. The predicted octanol–water partition coefficient (Wildman–Crippen LogP) is 4.29. The van der Waals surface area contributed by atoms with Gasteiger partial charge in [0.2, 0.25) is 0 Å². The Balaban J connectivity index is 1.31. The van der Waals surface area contributed by atoms with E-state index in [-0.39, 0.29) is 11.9 Å². The summed E-state index contributed by atoms with van der Waals surface area (Å²) < 4.78 is 19.9. The number of hydrogen-bond acceptors (Lipinski definition) is 4. The lowest BCUT2D eigenvalue weighted by molar-refractivity contribution is 0.0595. The van der Waals surface area contributed by atoms with Gasteiger partial charge in [-0.25, -0.2) is 4.39 Å². The fourth-order valence-electron chi connectivity index (χ4n) is 5.01. The zero-order chi connectivity index (χ0) is 23.7. The van der Waals surface area contributed by atoms with Crippen molar-refractivity contribution in [3.8, 4) is 16.9 Å². The van der Waals surface area contributed by atoms with Gasteiger partial charge in [-0.15, -0.1) is 0 Å². The summed E-state index contributed by atoms with van der Waals surface area (Å²) in [6, 6.07) is 21.6. The molecule has 0 atom stereocenters. The number of halogens is 1. The van der Waals surface area contributed by atoms with Gasteiger partial charge in [-0.1, -0.05) is 48.5 Å². The minimum absolute atomic E-state index is 0.175. The fraction of sp³-hybridized carbons (Fsp3) is 0.321. The second-order valence-electron chi connectivity index (χ2n) is 9.20. The number of carbonyl (C=O) groups excluding carboxylic acids is 1. The molecular formula is C28H30FN3O2. The number of rotatable bonds is 6. The van der Waals surface area contributed by atoms with Crippen molar-refractivity contribution in [3.05, 3.63) is 89.2 Å². The van der Waals surface area contributed by atoms with Crippen LogP contribution in [-0.4, -0.2) is 74.0 Å². The van der Waals surface area contributed by atoms with E-state index in [1.54, 1.807) is 6.07 Å². The molecule has 0 bridgehead atoms. The number of carbonyl (C=O) groups is 1. The number of benzene rings is 3. The molecule has 1 fully saturated rings. The number of fused-ring (bicyclic) bond motifs is 3. The van der Waals surface area contributed by atoms with Crippen LogP contribution in [0.4, 0.5) is 4.39 Å². The SMILES string of the molecule is CN(C)CCOc1ccc(F)cc1C(=O)N1CCN(C2c3ccccc3-c3ccccc32)CC1. The lowest BCUT2D eigenvalue weighted by Gasteiger charge is -2.39. The summed E-state index contributed by atoms with van der Waals surface area (Å²) in [5.74, 6) is -0.165. The molecule has 0 saturated carbocycles. The van der Waals surface area contributed by atoms with Gasteiger partial charge in [0.25, 0.3) is 5.91 Å². The average molecular weight is 460 g/mol. The van der Waals surface area contributed by atoms with E-state index < -0.39 is 5.82 Å². The number of piperazine rings is 1. The Labute approximate surface area is 200 Å². The molecule has 0 aromatic heterocycles. The van der Waals surface area contributed by atoms with Gasteiger partial charge in [0.05, 0.1) is 11.6 Å². The minimum Gasteiger partial charge on any atom is -0.491 e. The Bertz CT molecular complexity index is 1140. The smallest absolute Gasteiger partial charge is 0.257 e. The van der Waals surface area contributed by atoms with Gasteiger partial charge >= 0.3 is 0 Å². The van der Waals surface area contributed by atoms with Crippen LogP contribution in [0.5, 0.6) is 5.75 Å². The van der Waals surface area contributed by atoms with Crippen molar-refractivity contribution in [2.24, 2.45) is 0 Å². The van der Waals surface area contributed by atoms with E-state index in [0.29, 0.717) is 37.6 Å². The summed E-state index contributed by atoms with van der Waals surface area (Å²) >= 11 is 0. The molecule has 1 heterocycles. The Kier molecular flexibility index (Phi) is 6.35. The van der Waals surface area contributed by atoms with Crippen molar-refractivity contribution in [1.29, 1.82) is 0 Å². The maximum absolute atomic E-state index is 14.0. The third kappa shape index (κ3) is 4.31. The minimum atomic E-state index is -0.430. The number of nitrogens with zero attached hydrogens (tertiary/aromatic N) is 3. The highest BCUT2D eigenvalue weighted by Gasteiger charge is 2.35. The van der Waals surface area contributed by atoms with Gasteiger partial charge in [-0.2, -0.15) is 0 Å². The topological polar surface area (TPSA) is 36.0 Å². The van der Waals surface area contributed by atoms with Gasteiger partial charge < -0.3 is 14.5 Å². The van der Waals surface area contributed by atoms with E-state index in [1.807, 2.05) is 23.9 Å². The predicted molar refractivity (Wildman–Crippen MR) is 132 cm³/mol. The molecule has 3 aromatic rings. The third-order valence-corrected chi connectivity index (χ3v) is 6.74. The largest absolute Gasteiger partial charge is 0.491 e. The van der Waals surface area contributed by atoms with E-state index in [4.69, 9.17) is 4.74 Å². The Morgan fingerprint density at radius 1 is 0.941 bits per heavy atom. The highest BCUT2D eigenvalue weighted by Crippen LogP contribution is 2.46. The van der Waals surface area contributed by atoms with Gasteiger partial charge in [-0.05, 0) is 54.5 Å². The van der Waals surface area contributed by atoms with E-state index in [2.05, 4.69) is 53.4 Å².